The number of carbonyl (C=O) groups is 1. The molecule has 1 amide bonds. The van der Waals surface area contributed by atoms with Gasteiger partial charge in [0.15, 0.2) is 23.0 Å². The van der Waals surface area contributed by atoms with Gasteiger partial charge in [0, 0.05) is 18.1 Å². The van der Waals surface area contributed by atoms with Crippen molar-refractivity contribution in [2.45, 2.75) is 25.8 Å². The van der Waals surface area contributed by atoms with Crippen molar-refractivity contribution in [2.75, 3.05) is 13.9 Å². The number of rotatable bonds is 7. The molecule has 0 radical (unpaired) electrons. The van der Waals surface area contributed by atoms with Crippen LogP contribution in [0, 0.1) is 0 Å². The van der Waals surface area contributed by atoms with E-state index in [9.17, 15) is 4.79 Å². The van der Waals surface area contributed by atoms with Crippen molar-refractivity contribution < 1.29 is 19.0 Å². The smallest absolute Gasteiger partial charge is 0.231 e. The molecule has 0 saturated heterocycles. The fourth-order valence-corrected chi connectivity index (χ4v) is 3.65. The molecule has 1 aliphatic rings. The SMILES string of the molecule is COc1ccc(-c2cc3nc([C@@H](C)NC(=O)CCc4ccc5c(c4)OCO5)nn3cn2)cc1. The molecule has 2 aromatic heterocycles. The molecule has 3 heterocycles. The molecule has 168 valence electrons. The number of carbonyl (C=O) groups excluding carboxylic acids is 1. The summed E-state index contributed by atoms with van der Waals surface area (Å²) in [7, 11) is 1.63. The van der Waals surface area contributed by atoms with Gasteiger partial charge in [-0.05, 0) is 55.3 Å². The highest BCUT2D eigenvalue weighted by Crippen LogP contribution is 2.32. The van der Waals surface area contributed by atoms with Gasteiger partial charge in [0.05, 0.1) is 18.8 Å². The molecule has 0 unspecified atom stereocenters. The molecule has 4 aromatic rings. The summed E-state index contributed by atoms with van der Waals surface area (Å²) >= 11 is 0. The summed E-state index contributed by atoms with van der Waals surface area (Å²) in [6.45, 7) is 2.10. The van der Waals surface area contributed by atoms with Crippen LogP contribution in [-0.2, 0) is 11.2 Å². The largest absolute Gasteiger partial charge is 0.497 e. The molecule has 0 bridgehead atoms. The molecule has 9 nitrogen and oxygen atoms in total. The van der Waals surface area contributed by atoms with E-state index in [0.717, 1.165) is 34.1 Å². The number of methoxy groups -OCH3 is 1. The highest BCUT2D eigenvalue weighted by Gasteiger charge is 2.17. The Morgan fingerprint density at radius 3 is 2.79 bits per heavy atom. The van der Waals surface area contributed by atoms with Crippen molar-refractivity contribution in [2.24, 2.45) is 0 Å². The molecule has 0 spiro atoms. The topological polar surface area (TPSA) is 99.9 Å². The molecular formula is C24H23N5O4. The molecule has 0 fully saturated rings. The summed E-state index contributed by atoms with van der Waals surface area (Å²) in [6, 6.07) is 14.9. The Hall–Kier alpha value is -4.14. The van der Waals surface area contributed by atoms with Gasteiger partial charge in [0.1, 0.15) is 12.1 Å². The lowest BCUT2D eigenvalue weighted by atomic mass is 10.1. The second-order valence-electron chi connectivity index (χ2n) is 7.75. The number of hydrogen-bond acceptors (Lipinski definition) is 7. The van der Waals surface area contributed by atoms with Crippen LogP contribution in [0.5, 0.6) is 17.2 Å². The Kier molecular flexibility index (Phi) is 5.52. The Bertz CT molecular complexity index is 1300. The number of ether oxygens (including phenoxy) is 3. The average molecular weight is 445 g/mol. The Morgan fingerprint density at radius 1 is 1.15 bits per heavy atom. The van der Waals surface area contributed by atoms with Gasteiger partial charge in [-0.2, -0.15) is 0 Å². The number of amides is 1. The van der Waals surface area contributed by atoms with Crippen LogP contribution in [0.2, 0.25) is 0 Å². The molecule has 5 rings (SSSR count). The second-order valence-corrected chi connectivity index (χ2v) is 7.75. The Labute approximate surface area is 190 Å². The first-order valence-corrected chi connectivity index (χ1v) is 10.6. The maximum Gasteiger partial charge on any atom is 0.231 e. The van der Waals surface area contributed by atoms with E-state index in [1.807, 2.05) is 55.5 Å². The highest BCUT2D eigenvalue weighted by atomic mass is 16.7. The standard InChI is InChI=1S/C24H23N5O4/c1-15(26-23(30)10-4-16-3-9-20-21(11-16)33-14-32-20)24-27-22-12-19(25-13-29(22)28-24)17-5-7-18(31-2)8-6-17/h3,5-9,11-13,15H,4,10,14H2,1-2H3,(H,26,30)/t15-/m1/s1. The Balaban J connectivity index is 1.23. The molecule has 0 aliphatic carbocycles. The van der Waals surface area contributed by atoms with Gasteiger partial charge >= 0.3 is 0 Å². The lowest BCUT2D eigenvalue weighted by Crippen LogP contribution is -2.27. The van der Waals surface area contributed by atoms with Crippen LogP contribution in [-0.4, -0.2) is 39.4 Å². The first kappa shape index (κ1) is 20.7. The van der Waals surface area contributed by atoms with Crippen LogP contribution in [0.25, 0.3) is 16.9 Å². The van der Waals surface area contributed by atoms with E-state index >= 15 is 0 Å². The lowest BCUT2D eigenvalue weighted by molar-refractivity contribution is -0.121. The van der Waals surface area contributed by atoms with Crippen molar-refractivity contribution in [3.05, 3.63) is 66.2 Å². The van der Waals surface area contributed by atoms with Crippen molar-refractivity contribution in [3.8, 4) is 28.5 Å². The molecule has 1 N–H and O–H groups in total. The van der Waals surface area contributed by atoms with Gasteiger partial charge in [0.25, 0.3) is 0 Å². The van der Waals surface area contributed by atoms with Crippen molar-refractivity contribution in [1.29, 1.82) is 0 Å². The number of aryl methyl sites for hydroxylation is 1. The van der Waals surface area contributed by atoms with Gasteiger partial charge in [-0.15, -0.1) is 5.10 Å². The van der Waals surface area contributed by atoms with Gasteiger partial charge in [-0.3, -0.25) is 4.79 Å². The van der Waals surface area contributed by atoms with Crippen LogP contribution in [0.15, 0.2) is 54.9 Å². The predicted octanol–water partition coefficient (Wildman–Crippen LogP) is 3.34. The quantitative estimate of drug-likeness (QED) is 0.466. The van der Waals surface area contributed by atoms with E-state index in [1.165, 1.54) is 0 Å². The van der Waals surface area contributed by atoms with Gasteiger partial charge in [0.2, 0.25) is 12.7 Å². The van der Waals surface area contributed by atoms with E-state index < -0.39 is 0 Å². The number of nitrogens with zero attached hydrogens (tertiary/aromatic N) is 4. The van der Waals surface area contributed by atoms with Crippen LogP contribution >= 0.6 is 0 Å². The monoisotopic (exact) mass is 445 g/mol. The van der Waals surface area contributed by atoms with Crippen molar-refractivity contribution in [3.63, 3.8) is 0 Å². The molecule has 0 saturated carbocycles. The summed E-state index contributed by atoms with van der Waals surface area (Å²) in [4.78, 5) is 21.5. The fourth-order valence-electron chi connectivity index (χ4n) is 3.65. The van der Waals surface area contributed by atoms with Gasteiger partial charge in [-0.1, -0.05) is 6.07 Å². The van der Waals surface area contributed by atoms with Crippen LogP contribution in [0.4, 0.5) is 0 Å². The summed E-state index contributed by atoms with van der Waals surface area (Å²) < 4.78 is 17.5. The van der Waals surface area contributed by atoms with Crippen LogP contribution in [0.3, 0.4) is 0 Å². The van der Waals surface area contributed by atoms with Crippen LogP contribution < -0.4 is 19.5 Å². The molecular weight excluding hydrogens is 422 g/mol. The van der Waals surface area contributed by atoms with E-state index in [1.54, 1.807) is 18.0 Å². The minimum absolute atomic E-state index is 0.0731. The minimum Gasteiger partial charge on any atom is -0.497 e. The number of fused-ring (bicyclic) bond motifs is 2. The van der Waals surface area contributed by atoms with E-state index in [0.29, 0.717) is 24.3 Å². The van der Waals surface area contributed by atoms with E-state index in [2.05, 4.69) is 20.4 Å². The fraction of sp³-hybridized carbons (Fsp3) is 0.250. The molecule has 1 aliphatic heterocycles. The third-order valence-electron chi connectivity index (χ3n) is 5.47. The minimum atomic E-state index is -0.335. The average Bonchev–Trinajstić information content (AvgIpc) is 3.49. The van der Waals surface area contributed by atoms with E-state index in [-0.39, 0.29) is 18.7 Å². The summed E-state index contributed by atoms with van der Waals surface area (Å²) in [6.07, 6.45) is 2.57. The summed E-state index contributed by atoms with van der Waals surface area (Å²) in [5, 5.41) is 7.43. The van der Waals surface area contributed by atoms with E-state index in [4.69, 9.17) is 14.2 Å². The number of aromatic nitrogens is 4. The zero-order valence-corrected chi connectivity index (χ0v) is 18.3. The third-order valence-corrected chi connectivity index (χ3v) is 5.47. The zero-order valence-electron chi connectivity index (χ0n) is 18.3. The predicted molar refractivity (Wildman–Crippen MR) is 120 cm³/mol. The van der Waals surface area contributed by atoms with Gasteiger partial charge < -0.3 is 19.5 Å². The number of nitrogens with one attached hydrogen (secondary N) is 1. The molecule has 2 aromatic carbocycles. The molecule has 9 heteroatoms. The summed E-state index contributed by atoms with van der Waals surface area (Å²) in [5.74, 6) is 2.70. The molecule has 33 heavy (non-hydrogen) atoms. The molecule has 1 atom stereocenters. The third kappa shape index (κ3) is 4.43. The normalized spacial score (nSPS) is 13.2. The maximum atomic E-state index is 12.5. The van der Waals surface area contributed by atoms with Crippen molar-refractivity contribution >= 4 is 11.6 Å². The van der Waals surface area contributed by atoms with Crippen molar-refractivity contribution in [1.82, 2.24) is 24.9 Å². The lowest BCUT2D eigenvalue weighted by Gasteiger charge is -2.10. The number of benzene rings is 2. The second kappa shape index (κ2) is 8.78. The Morgan fingerprint density at radius 2 is 1.97 bits per heavy atom. The van der Waals surface area contributed by atoms with Gasteiger partial charge in [-0.25, -0.2) is 14.5 Å². The first-order chi connectivity index (χ1) is 16.1. The summed E-state index contributed by atoms with van der Waals surface area (Å²) in [5.41, 5.74) is 3.41. The zero-order chi connectivity index (χ0) is 22.8. The maximum absolute atomic E-state index is 12.5. The highest BCUT2D eigenvalue weighted by molar-refractivity contribution is 5.76. The first-order valence-electron chi connectivity index (χ1n) is 10.6. The van der Waals surface area contributed by atoms with Crippen LogP contribution in [0.1, 0.15) is 30.8 Å². The number of hydrogen-bond donors (Lipinski definition) is 1.